The van der Waals surface area contributed by atoms with E-state index >= 15 is 0 Å². The maximum Gasteiger partial charge on any atom is 0.220 e. The van der Waals surface area contributed by atoms with E-state index in [4.69, 9.17) is 17.3 Å². The number of carbonyl (C=O) groups is 1. The summed E-state index contributed by atoms with van der Waals surface area (Å²) in [7, 11) is 0. The number of amides is 1. The minimum absolute atomic E-state index is 0.0617. The Bertz CT molecular complexity index is 697. The van der Waals surface area contributed by atoms with Crippen molar-refractivity contribution < 1.29 is 4.79 Å². The van der Waals surface area contributed by atoms with E-state index < -0.39 is 0 Å². The molecule has 1 saturated carbocycles. The van der Waals surface area contributed by atoms with E-state index in [1.165, 1.54) is 16.7 Å². The Morgan fingerprint density at radius 1 is 1.17 bits per heavy atom. The Morgan fingerprint density at radius 3 is 2.33 bits per heavy atom. The second kappa shape index (κ2) is 7.37. The van der Waals surface area contributed by atoms with Gasteiger partial charge in [-0.3, -0.25) is 4.79 Å². The molecule has 4 heteroatoms. The number of rotatable bonds is 7. The fourth-order valence-electron chi connectivity index (χ4n) is 2.98. The summed E-state index contributed by atoms with van der Waals surface area (Å²) in [5.41, 5.74) is 9.03. The first-order chi connectivity index (χ1) is 11.5. The van der Waals surface area contributed by atoms with Crippen LogP contribution >= 0.6 is 11.6 Å². The molecule has 1 amide bonds. The number of hydrogen-bond donors (Lipinski definition) is 2. The second-order valence-corrected chi connectivity index (χ2v) is 7.06. The van der Waals surface area contributed by atoms with Gasteiger partial charge in [-0.15, -0.1) is 0 Å². The number of carbonyl (C=O) groups excluding carboxylic acids is 1. The third kappa shape index (κ3) is 4.16. The molecule has 24 heavy (non-hydrogen) atoms. The van der Waals surface area contributed by atoms with Crippen LogP contribution in [0.1, 0.15) is 31.2 Å². The van der Waals surface area contributed by atoms with Crippen LogP contribution in [0.25, 0.3) is 11.1 Å². The highest BCUT2D eigenvalue weighted by atomic mass is 35.5. The zero-order valence-electron chi connectivity index (χ0n) is 13.8. The fourth-order valence-corrected chi connectivity index (χ4v) is 3.11. The Labute approximate surface area is 148 Å². The van der Waals surface area contributed by atoms with Crippen LogP contribution in [0.15, 0.2) is 48.5 Å². The zero-order valence-corrected chi connectivity index (χ0v) is 14.6. The molecule has 3 nitrogen and oxygen atoms in total. The lowest BCUT2D eigenvalue weighted by Crippen LogP contribution is -2.26. The van der Waals surface area contributed by atoms with Gasteiger partial charge < -0.3 is 11.1 Å². The van der Waals surface area contributed by atoms with Crippen molar-refractivity contribution in [2.24, 2.45) is 11.7 Å². The van der Waals surface area contributed by atoms with Crippen molar-refractivity contribution in [3.8, 4) is 11.1 Å². The van der Waals surface area contributed by atoms with Gasteiger partial charge in [-0.2, -0.15) is 0 Å². The molecule has 0 aromatic heterocycles. The van der Waals surface area contributed by atoms with E-state index in [-0.39, 0.29) is 11.8 Å². The maximum atomic E-state index is 11.0. The molecule has 3 unspecified atom stereocenters. The molecule has 0 spiro atoms. The van der Waals surface area contributed by atoms with Gasteiger partial charge in [0.2, 0.25) is 5.91 Å². The summed E-state index contributed by atoms with van der Waals surface area (Å²) in [5.74, 6) is 0.295. The van der Waals surface area contributed by atoms with Gasteiger partial charge in [-0.25, -0.2) is 0 Å². The van der Waals surface area contributed by atoms with Gasteiger partial charge in [-0.05, 0) is 48.2 Å². The summed E-state index contributed by atoms with van der Waals surface area (Å²) >= 11 is 5.94. The quantitative estimate of drug-likeness (QED) is 0.800. The predicted molar refractivity (Wildman–Crippen MR) is 99.0 cm³/mol. The largest absolute Gasteiger partial charge is 0.369 e. The van der Waals surface area contributed by atoms with E-state index in [9.17, 15) is 4.79 Å². The molecule has 1 aliphatic rings. The lowest BCUT2D eigenvalue weighted by Gasteiger charge is -2.08. The first kappa shape index (κ1) is 17.0. The molecular formula is C20H23ClN2O. The minimum Gasteiger partial charge on any atom is -0.369 e. The van der Waals surface area contributed by atoms with Crippen molar-refractivity contribution in [1.82, 2.24) is 5.32 Å². The molecule has 3 N–H and O–H groups in total. The molecular weight excluding hydrogens is 320 g/mol. The molecule has 1 aliphatic carbocycles. The Kier molecular flexibility index (Phi) is 5.22. The van der Waals surface area contributed by atoms with Gasteiger partial charge in [0.1, 0.15) is 0 Å². The highest BCUT2D eigenvalue weighted by molar-refractivity contribution is 6.30. The molecule has 1 fully saturated rings. The number of nitrogens with one attached hydrogen (secondary N) is 1. The third-order valence-electron chi connectivity index (χ3n) is 4.78. The van der Waals surface area contributed by atoms with Gasteiger partial charge in [0, 0.05) is 22.9 Å². The number of primary amides is 1. The summed E-state index contributed by atoms with van der Waals surface area (Å²) in [6.45, 7) is 2.72. The van der Waals surface area contributed by atoms with Crippen molar-refractivity contribution >= 4 is 17.5 Å². The van der Waals surface area contributed by atoms with E-state index in [2.05, 4.69) is 29.6 Å². The van der Waals surface area contributed by atoms with Crippen LogP contribution in [0.5, 0.6) is 0 Å². The van der Waals surface area contributed by atoms with Crippen LogP contribution in [-0.2, 0) is 4.79 Å². The third-order valence-corrected chi connectivity index (χ3v) is 5.03. The SMILES string of the molecule is CC(CCNC1CC1c1ccc(-c2ccc(Cl)cc2)cc1)C(N)=O. The molecule has 0 radical (unpaired) electrons. The lowest BCUT2D eigenvalue weighted by atomic mass is 10.0. The van der Waals surface area contributed by atoms with E-state index in [1.54, 1.807) is 0 Å². The molecule has 0 heterocycles. The summed E-state index contributed by atoms with van der Waals surface area (Å²) < 4.78 is 0. The molecule has 126 valence electrons. The van der Waals surface area contributed by atoms with Crippen molar-refractivity contribution in [3.05, 3.63) is 59.1 Å². The summed E-state index contributed by atoms with van der Waals surface area (Å²) in [4.78, 5) is 11.0. The normalized spacial score (nSPS) is 20.6. The molecule has 0 bridgehead atoms. The van der Waals surface area contributed by atoms with Crippen molar-refractivity contribution in [3.63, 3.8) is 0 Å². The number of hydrogen-bond acceptors (Lipinski definition) is 2. The van der Waals surface area contributed by atoms with Gasteiger partial charge >= 0.3 is 0 Å². The van der Waals surface area contributed by atoms with E-state index in [1.807, 2.05) is 31.2 Å². The van der Waals surface area contributed by atoms with Crippen LogP contribution in [0.4, 0.5) is 0 Å². The lowest BCUT2D eigenvalue weighted by molar-refractivity contribution is -0.121. The number of halogens is 1. The number of nitrogens with two attached hydrogens (primary N) is 1. The summed E-state index contributed by atoms with van der Waals surface area (Å²) in [5, 5.41) is 4.28. The van der Waals surface area contributed by atoms with E-state index in [0.29, 0.717) is 12.0 Å². The summed E-state index contributed by atoms with van der Waals surface area (Å²) in [6.07, 6.45) is 1.96. The summed E-state index contributed by atoms with van der Waals surface area (Å²) in [6, 6.07) is 17.2. The van der Waals surface area contributed by atoms with Crippen LogP contribution < -0.4 is 11.1 Å². The molecule has 2 aromatic rings. The highest BCUT2D eigenvalue weighted by Crippen LogP contribution is 2.41. The predicted octanol–water partition coefficient (Wildman–Crippen LogP) is 3.96. The first-order valence-corrected chi connectivity index (χ1v) is 8.81. The Morgan fingerprint density at radius 2 is 1.75 bits per heavy atom. The van der Waals surface area contributed by atoms with Gasteiger partial charge in [0.05, 0.1) is 0 Å². The van der Waals surface area contributed by atoms with Gasteiger partial charge in [0.25, 0.3) is 0 Å². The number of benzene rings is 2. The van der Waals surface area contributed by atoms with Crippen molar-refractivity contribution in [2.75, 3.05) is 6.54 Å². The maximum absolute atomic E-state index is 11.0. The van der Waals surface area contributed by atoms with Crippen molar-refractivity contribution in [2.45, 2.75) is 31.7 Å². The average molecular weight is 343 g/mol. The van der Waals surface area contributed by atoms with Crippen LogP contribution in [0.3, 0.4) is 0 Å². The molecule has 0 aliphatic heterocycles. The smallest absolute Gasteiger partial charge is 0.220 e. The van der Waals surface area contributed by atoms with Crippen LogP contribution in [0.2, 0.25) is 5.02 Å². The Balaban J connectivity index is 1.52. The topological polar surface area (TPSA) is 55.1 Å². The standard InChI is InChI=1S/C20H23ClN2O/c1-13(20(22)24)10-11-23-19-12-18(19)16-4-2-14(3-5-16)15-6-8-17(21)9-7-15/h2-9,13,18-19,23H,10-12H2,1H3,(H2,22,24). The zero-order chi connectivity index (χ0) is 17.1. The fraction of sp³-hybridized carbons (Fsp3) is 0.350. The molecule has 2 aromatic carbocycles. The van der Waals surface area contributed by atoms with Gasteiger partial charge in [-0.1, -0.05) is 54.9 Å². The van der Waals surface area contributed by atoms with E-state index in [0.717, 1.165) is 24.4 Å². The average Bonchev–Trinajstić information content (AvgIpc) is 3.35. The first-order valence-electron chi connectivity index (χ1n) is 8.43. The molecule has 3 rings (SSSR count). The Hall–Kier alpha value is -1.84. The van der Waals surface area contributed by atoms with Crippen LogP contribution in [-0.4, -0.2) is 18.5 Å². The minimum atomic E-state index is -0.220. The van der Waals surface area contributed by atoms with Crippen molar-refractivity contribution in [1.29, 1.82) is 0 Å². The molecule has 3 atom stereocenters. The molecule has 0 saturated heterocycles. The second-order valence-electron chi connectivity index (χ2n) is 6.62. The monoisotopic (exact) mass is 342 g/mol. The van der Waals surface area contributed by atoms with Crippen LogP contribution in [0, 0.1) is 5.92 Å². The van der Waals surface area contributed by atoms with Gasteiger partial charge in [0.15, 0.2) is 0 Å². The highest BCUT2D eigenvalue weighted by Gasteiger charge is 2.37.